The number of nitrogens with one attached hydrogen (secondary N) is 1. The van der Waals surface area contributed by atoms with Gasteiger partial charge in [0.2, 0.25) is 5.91 Å². The van der Waals surface area contributed by atoms with Gasteiger partial charge in [0.1, 0.15) is 0 Å². The molecule has 0 radical (unpaired) electrons. The molecule has 3 rings (SSSR count). The van der Waals surface area contributed by atoms with Crippen LogP contribution in [0.2, 0.25) is 0 Å². The van der Waals surface area contributed by atoms with E-state index in [0.29, 0.717) is 35.4 Å². The summed E-state index contributed by atoms with van der Waals surface area (Å²) in [5.74, 6) is 1.83. The molecule has 1 N–H and O–H groups in total. The van der Waals surface area contributed by atoms with Crippen LogP contribution in [0.5, 0.6) is 11.5 Å². The molecule has 1 atom stereocenters. The molecule has 0 aliphatic carbocycles. The Kier molecular flexibility index (Phi) is 6.52. The molecule has 1 unspecified atom stereocenters. The minimum absolute atomic E-state index is 0.0454. The summed E-state index contributed by atoms with van der Waals surface area (Å²) in [5, 5.41) is 3.57. The molecule has 1 amide bonds. The third-order valence-corrected chi connectivity index (χ3v) is 5.86. The number of hydrogen-bond donors (Lipinski definition) is 1. The van der Waals surface area contributed by atoms with Gasteiger partial charge in [-0.15, -0.1) is 0 Å². The highest BCUT2D eigenvalue weighted by Gasteiger charge is 2.11. The molecular formula is C22H26N2O3S. The average Bonchev–Trinajstić information content (AvgIpc) is 3.12. The summed E-state index contributed by atoms with van der Waals surface area (Å²) in [4.78, 5) is 16.9. The van der Waals surface area contributed by atoms with Crippen molar-refractivity contribution in [2.75, 3.05) is 19.5 Å². The van der Waals surface area contributed by atoms with Crippen molar-refractivity contribution in [2.24, 2.45) is 0 Å². The smallest absolute Gasteiger partial charge is 0.226 e. The Bertz CT molecular complexity index is 968. The normalized spacial score (nSPS) is 12.0. The number of nitrogens with zero attached hydrogens (tertiary/aromatic N) is 1. The number of aryl methyl sites for hydroxylation is 1. The second-order valence-electron chi connectivity index (χ2n) is 6.79. The van der Waals surface area contributed by atoms with Gasteiger partial charge in [-0.2, -0.15) is 0 Å². The molecule has 1 heterocycles. The predicted octanol–water partition coefficient (Wildman–Crippen LogP) is 5.40. The lowest BCUT2D eigenvalue weighted by Crippen LogP contribution is -2.12. The summed E-state index contributed by atoms with van der Waals surface area (Å²) >= 11 is 1.52. The van der Waals surface area contributed by atoms with Crippen molar-refractivity contribution < 1.29 is 14.3 Å². The molecular weight excluding hydrogens is 372 g/mol. The Hall–Kier alpha value is -2.60. The lowest BCUT2D eigenvalue weighted by atomic mass is 9.99. The summed E-state index contributed by atoms with van der Waals surface area (Å²) in [6, 6.07) is 12.0. The molecule has 28 heavy (non-hydrogen) atoms. The molecule has 1 aromatic heterocycles. The highest BCUT2D eigenvalue weighted by atomic mass is 32.1. The Morgan fingerprint density at radius 1 is 1.14 bits per heavy atom. The number of fused-ring (bicyclic) bond motifs is 1. The van der Waals surface area contributed by atoms with Crippen molar-refractivity contribution in [2.45, 2.75) is 39.0 Å². The molecule has 0 aliphatic rings. The minimum Gasteiger partial charge on any atom is -0.493 e. The molecule has 0 spiro atoms. The molecule has 0 saturated carbocycles. The molecule has 0 bridgehead atoms. The molecule has 6 heteroatoms. The van der Waals surface area contributed by atoms with Crippen LogP contribution >= 0.6 is 11.3 Å². The fourth-order valence-electron chi connectivity index (χ4n) is 3.01. The molecule has 5 nitrogen and oxygen atoms in total. The summed E-state index contributed by atoms with van der Waals surface area (Å²) in [6.07, 6.45) is 2.10. The van der Waals surface area contributed by atoms with Gasteiger partial charge < -0.3 is 14.8 Å². The van der Waals surface area contributed by atoms with Crippen molar-refractivity contribution >= 4 is 32.6 Å². The van der Waals surface area contributed by atoms with Crippen molar-refractivity contribution in [3.05, 3.63) is 47.5 Å². The van der Waals surface area contributed by atoms with Gasteiger partial charge >= 0.3 is 0 Å². The zero-order valence-corrected chi connectivity index (χ0v) is 17.6. The fraction of sp³-hybridized carbons (Fsp3) is 0.364. The van der Waals surface area contributed by atoms with Crippen LogP contribution in [-0.4, -0.2) is 25.1 Å². The third-order valence-electron chi connectivity index (χ3n) is 4.93. The first-order valence-electron chi connectivity index (χ1n) is 9.45. The van der Waals surface area contributed by atoms with Crippen LogP contribution in [0.15, 0.2) is 36.4 Å². The highest BCUT2D eigenvalue weighted by molar-refractivity contribution is 7.22. The molecule has 148 valence electrons. The van der Waals surface area contributed by atoms with E-state index in [2.05, 4.69) is 36.3 Å². The van der Waals surface area contributed by atoms with Crippen LogP contribution in [0.1, 0.15) is 43.7 Å². The van der Waals surface area contributed by atoms with Crippen molar-refractivity contribution in [1.29, 1.82) is 0 Å². The van der Waals surface area contributed by atoms with E-state index in [9.17, 15) is 4.79 Å². The fourth-order valence-corrected chi connectivity index (χ4v) is 3.94. The SMILES string of the molecule is CCC(C)c1ccc2nc(NC(=O)CCc3ccc(OC)c(OC)c3)sc2c1. The largest absolute Gasteiger partial charge is 0.493 e. The van der Waals surface area contributed by atoms with E-state index >= 15 is 0 Å². The standard InChI is InChI=1S/C22H26N2O3S/c1-5-14(2)16-8-9-17-20(13-16)28-22(23-17)24-21(25)11-7-15-6-10-18(26-3)19(12-15)27-4/h6,8-10,12-14H,5,7,11H2,1-4H3,(H,23,24,25). The number of rotatable bonds is 8. The Balaban J connectivity index is 1.63. The second-order valence-corrected chi connectivity index (χ2v) is 7.82. The first-order valence-corrected chi connectivity index (χ1v) is 10.3. The van der Waals surface area contributed by atoms with Crippen LogP contribution in [0.4, 0.5) is 5.13 Å². The number of amides is 1. The van der Waals surface area contributed by atoms with Gasteiger partial charge in [0.05, 0.1) is 24.4 Å². The Labute approximate surface area is 169 Å². The number of ether oxygens (including phenoxy) is 2. The number of hydrogen-bond acceptors (Lipinski definition) is 5. The molecule has 0 fully saturated rings. The molecule has 0 saturated heterocycles. The van der Waals surface area contributed by atoms with Gasteiger partial charge in [-0.05, 0) is 54.2 Å². The van der Waals surface area contributed by atoms with Gasteiger partial charge in [0, 0.05) is 6.42 Å². The van der Waals surface area contributed by atoms with E-state index in [1.165, 1.54) is 16.9 Å². The summed E-state index contributed by atoms with van der Waals surface area (Å²) in [7, 11) is 3.21. The van der Waals surface area contributed by atoms with Gasteiger partial charge in [-0.1, -0.05) is 37.3 Å². The van der Waals surface area contributed by atoms with Crippen LogP contribution in [0.3, 0.4) is 0 Å². The average molecular weight is 399 g/mol. The first kappa shape index (κ1) is 20.1. The zero-order chi connectivity index (χ0) is 20.1. The third kappa shape index (κ3) is 4.62. The van der Waals surface area contributed by atoms with Crippen LogP contribution in [0, 0.1) is 0 Å². The second kappa shape index (κ2) is 9.06. The van der Waals surface area contributed by atoms with E-state index in [1.54, 1.807) is 14.2 Å². The van der Waals surface area contributed by atoms with Crippen molar-refractivity contribution in [1.82, 2.24) is 4.98 Å². The predicted molar refractivity (Wildman–Crippen MR) is 115 cm³/mol. The summed E-state index contributed by atoms with van der Waals surface area (Å²) in [5.41, 5.74) is 3.26. The van der Waals surface area contributed by atoms with Gasteiger partial charge in [-0.3, -0.25) is 4.79 Å². The van der Waals surface area contributed by atoms with E-state index < -0.39 is 0 Å². The zero-order valence-electron chi connectivity index (χ0n) is 16.7. The van der Waals surface area contributed by atoms with Crippen LogP contribution in [0.25, 0.3) is 10.2 Å². The number of carbonyl (C=O) groups excluding carboxylic acids is 1. The lowest BCUT2D eigenvalue weighted by Gasteiger charge is -2.09. The number of anilines is 1. The molecule has 0 aliphatic heterocycles. The van der Waals surface area contributed by atoms with E-state index in [4.69, 9.17) is 9.47 Å². The van der Waals surface area contributed by atoms with E-state index in [1.807, 2.05) is 24.3 Å². The van der Waals surface area contributed by atoms with Gasteiger partial charge in [-0.25, -0.2) is 4.98 Å². The summed E-state index contributed by atoms with van der Waals surface area (Å²) < 4.78 is 11.7. The van der Waals surface area contributed by atoms with Gasteiger partial charge in [0.25, 0.3) is 0 Å². The van der Waals surface area contributed by atoms with E-state index in [-0.39, 0.29) is 5.91 Å². The minimum atomic E-state index is -0.0454. The summed E-state index contributed by atoms with van der Waals surface area (Å²) in [6.45, 7) is 4.41. The maximum atomic E-state index is 12.4. The van der Waals surface area contributed by atoms with Crippen molar-refractivity contribution in [3.8, 4) is 11.5 Å². The number of thiazole rings is 1. The molecule has 3 aromatic rings. The Morgan fingerprint density at radius 3 is 2.64 bits per heavy atom. The topological polar surface area (TPSA) is 60.5 Å². The van der Waals surface area contributed by atoms with Crippen LogP contribution < -0.4 is 14.8 Å². The number of carbonyl (C=O) groups is 1. The van der Waals surface area contributed by atoms with E-state index in [0.717, 1.165) is 22.2 Å². The van der Waals surface area contributed by atoms with Gasteiger partial charge in [0.15, 0.2) is 16.6 Å². The number of aromatic nitrogens is 1. The Morgan fingerprint density at radius 2 is 1.93 bits per heavy atom. The maximum absolute atomic E-state index is 12.4. The quantitative estimate of drug-likeness (QED) is 0.552. The monoisotopic (exact) mass is 398 g/mol. The maximum Gasteiger partial charge on any atom is 0.226 e. The number of benzene rings is 2. The van der Waals surface area contributed by atoms with Crippen LogP contribution in [-0.2, 0) is 11.2 Å². The highest BCUT2D eigenvalue weighted by Crippen LogP contribution is 2.30. The number of methoxy groups -OCH3 is 2. The molecule has 2 aromatic carbocycles. The van der Waals surface area contributed by atoms with Crippen molar-refractivity contribution in [3.63, 3.8) is 0 Å². The first-order chi connectivity index (χ1) is 13.5. The lowest BCUT2D eigenvalue weighted by molar-refractivity contribution is -0.116.